The van der Waals surface area contributed by atoms with E-state index in [1.54, 1.807) is 16.2 Å². The molecule has 2 rings (SSSR count). The van der Waals surface area contributed by atoms with Crippen LogP contribution in [0.5, 0.6) is 0 Å². The van der Waals surface area contributed by atoms with E-state index in [9.17, 15) is 4.79 Å². The van der Waals surface area contributed by atoms with Crippen molar-refractivity contribution in [3.63, 3.8) is 0 Å². The minimum atomic E-state index is 0.135. The molecule has 1 amide bonds. The number of likely N-dealkylation sites (N-methyl/N-ethyl adjacent to an activating group) is 1. The zero-order valence-corrected chi connectivity index (χ0v) is 11.2. The molecule has 1 N–H and O–H groups in total. The molecule has 1 aromatic rings. The summed E-state index contributed by atoms with van der Waals surface area (Å²) in [6, 6.07) is 0. The number of nitrogens with one attached hydrogen (secondary N) is 1. The Balaban J connectivity index is 1.70. The third-order valence-electron chi connectivity index (χ3n) is 2.90. The molecule has 94 valence electrons. The Labute approximate surface area is 106 Å². The average molecular weight is 253 g/mol. The number of rotatable bonds is 6. The molecule has 0 aliphatic heterocycles. The Hall–Kier alpha value is -0.940. The van der Waals surface area contributed by atoms with Gasteiger partial charge in [0.25, 0.3) is 0 Å². The van der Waals surface area contributed by atoms with Gasteiger partial charge in [-0.15, -0.1) is 11.3 Å². The van der Waals surface area contributed by atoms with Gasteiger partial charge in [-0.2, -0.15) is 0 Å². The van der Waals surface area contributed by atoms with Crippen molar-refractivity contribution in [3.05, 3.63) is 16.1 Å². The first-order valence-corrected chi connectivity index (χ1v) is 6.89. The van der Waals surface area contributed by atoms with Crippen molar-refractivity contribution in [3.8, 4) is 0 Å². The Morgan fingerprint density at radius 3 is 3.00 bits per heavy atom. The zero-order chi connectivity index (χ0) is 12.3. The predicted octanol–water partition coefficient (Wildman–Crippen LogP) is 1.41. The van der Waals surface area contributed by atoms with Crippen LogP contribution in [0.2, 0.25) is 0 Å². The quantitative estimate of drug-likeness (QED) is 0.833. The van der Waals surface area contributed by atoms with Gasteiger partial charge in [0.05, 0.1) is 23.8 Å². The maximum absolute atomic E-state index is 11.8. The normalized spacial score (nSPS) is 14.9. The third kappa shape index (κ3) is 4.09. The molecule has 1 fully saturated rings. The van der Waals surface area contributed by atoms with E-state index in [2.05, 4.69) is 10.3 Å². The number of amides is 1. The van der Waals surface area contributed by atoms with E-state index in [0.29, 0.717) is 13.1 Å². The minimum absolute atomic E-state index is 0.135. The van der Waals surface area contributed by atoms with Gasteiger partial charge in [0.2, 0.25) is 5.91 Å². The highest BCUT2D eigenvalue weighted by molar-refractivity contribution is 7.09. The molecule has 1 heterocycles. The maximum Gasteiger partial charge on any atom is 0.236 e. The Morgan fingerprint density at radius 1 is 1.65 bits per heavy atom. The number of thiazole rings is 1. The van der Waals surface area contributed by atoms with Gasteiger partial charge in [-0.1, -0.05) is 0 Å². The molecular weight excluding hydrogens is 234 g/mol. The van der Waals surface area contributed by atoms with E-state index in [1.807, 2.05) is 19.4 Å². The van der Waals surface area contributed by atoms with Crippen molar-refractivity contribution in [2.45, 2.75) is 26.3 Å². The van der Waals surface area contributed by atoms with Crippen LogP contribution >= 0.6 is 11.3 Å². The number of carbonyl (C=O) groups is 1. The number of hydrogen-bond acceptors (Lipinski definition) is 4. The summed E-state index contributed by atoms with van der Waals surface area (Å²) < 4.78 is 0. The molecule has 0 atom stereocenters. The third-order valence-corrected chi connectivity index (χ3v) is 3.72. The summed E-state index contributed by atoms with van der Waals surface area (Å²) in [6.45, 7) is 4.01. The molecule has 1 aromatic heterocycles. The lowest BCUT2D eigenvalue weighted by Crippen LogP contribution is -2.35. The van der Waals surface area contributed by atoms with Crippen molar-refractivity contribution in [2.75, 3.05) is 20.1 Å². The second kappa shape index (κ2) is 5.60. The van der Waals surface area contributed by atoms with Crippen molar-refractivity contribution in [1.82, 2.24) is 15.2 Å². The van der Waals surface area contributed by atoms with Crippen LogP contribution in [0.15, 0.2) is 5.38 Å². The molecule has 4 nitrogen and oxygen atoms in total. The van der Waals surface area contributed by atoms with Crippen molar-refractivity contribution >= 4 is 17.2 Å². The van der Waals surface area contributed by atoms with Crippen molar-refractivity contribution in [2.24, 2.45) is 5.92 Å². The number of nitrogens with zero attached hydrogens (tertiary/aromatic N) is 2. The van der Waals surface area contributed by atoms with Crippen LogP contribution in [0.4, 0.5) is 0 Å². The van der Waals surface area contributed by atoms with Gasteiger partial charge in [0.15, 0.2) is 0 Å². The maximum atomic E-state index is 11.8. The van der Waals surface area contributed by atoms with Crippen LogP contribution in [0.3, 0.4) is 0 Å². The Kier molecular flexibility index (Phi) is 4.12. The van der Waals surface area contributed by atoms with Crippen LogP contribution in [0.1, 0.15) is 23.5 Å². The molecule has 0 aromatic carbocycles. The summed E-state index contributed by atoms with van der Waals surface area (Å²) in [6.07, 6.45) is 2.63. The molecule has 0 bridgehead atoms. The van der Waals surface area contributed by atoms with Crippen LogP contribution in [0, 0.1) is 12.8 Å². The highest BCUT2D eigenvalue weighted by Crippen LogP contribution is 2.27. The van der Waals surface area contributed by atoms with Gasteiger partial charge in [0.1, 0.15) is 0 Å². The molecule has 1 aliphatic rings. The second-order valence-electron chi connectivity index (χ2n) is 4.68. The topological polar surface area (TPSA) is 45.2 Å². The van der Waals surface area contributed by atoms with Crippen LogP contribution < -0.4 is 5.32 Å². The van der Waals surface area contributed by atoms with Gasteiger partial charge in [-0.05, 0) is 32.2 Å². The number of aryl methyl sites for hydroxylation is 1. The first kappa shape index (κ1) is 12.5. The number of carbonyl (C=O) groups excluding carboxylic acids is 1. The second-order valence-corrected chi connectivity index (χ2v) is 5.74. The van der Waals surface area contributed by atoms with E-state index in [1.165, 1.54) is 12.8 Å². The Morgan fingerprint density at radius 2 is 2.41 bits per heavy atom. The van der Waals surface area contributed by atoms with Crippen LogP contribution in [-0.2, 0) is 11.3 Å². The lowest BCUT2D eigenvalue weighted by Gasteiger charge is -2.16. The van der Waals surface area contributed by atoms with Crippen LogP contribution in [0.25, 0.3) is 0 Å². The van der Waals surface area contributed by atoms with Gasteiger partial charge >= 0.3 is 0 Å². The zero-order valence-electron chi connectivity index (χ0n) is 10.4. The summed E-state index contributed by atoms with van der Waals surface area (Å²) in [7, 11) is 1.83. The molecule has 5 heteroatoms. The van der Waals surface area contributed by atoms with Gasteiger partial charge in [-0.25, -0.2) is 4.98 Å². The van der Waals surface area contributed by atoms with Crippen LogP contribution in [-0.4, -0.2) is 35.9 Å². The minimum Gasteiger partial charge on any atom is -0.339 e. The molecule has 1 aliphatic carbocycles. The first-order chi connectivity index (χ1) is 8.15. The standard InChI is InChI=1S/C12H19N3OS/c1-9-14-11(8-17-9)7-15(2)12(16)6-13-5-10-3-4-10/h8,10,13H,3-7H2,1-2H3. The van der Waals surface area contributed by atoms with E-state index >= 15 is 0 Å². The van der Waals surface area contributed by atoms with E-state index < -0.39 is 0 Å². The summed E-state index contributed by atoms with van der Waals surface area (Å²) in [5, 5.41) is 6.27. The van der Waals surface area contributed by atoms with E-state index in [0.717, 1.165) is 23.2 Å². The molecule has 0 spiro atoms. The predicted molar refractivity (Wildman–Crippen MR) is 68.9 cm³/mol. The highest BCUT2D eigenvalue weighted by atomic mass is 32.1. The van der Waals surface area contributed by atoms with Gasteiger partial charge in [-0.3, -0.25) is 4.79 Å². The highest BCUT2D eigenvalue weighted by Gasteiger charge is 2.21. The van der Waals surface area contributed by atoms with Crippen molar-refractivity contribution in [1.29, 1.82) is 0 Å². The monoisotopic (exact) mass is 253 g/mol. The fraction of sp³-hybridized carbons (Fsp3) is 0.667. The lowest BCUT2D eigenvalue weighted by molar-refractivity contribution is -0.129. The fourth-order valence-electron chi connectivity index (χ4n) is 1.65. The fourth-order valence-corrected chi connectivity index (χ4v) is 2.26. The molecule has 17 heavy (non-hydrogen) atoms. The molecular formula is C12H19N3OS. The summed E-state index contributed by atoms with van der Waals surface area (Å²) in [4.78, 5) is 17.9. The molecule has 1 saturated carbocycles. The summed E-state index contributed by atoms with van der Waals surface area (Å²) in [5.74, 6) is 0.950. The van der Waals surface area contributed by atoms with Gasteiger partial charge in [0, 0.05) is 12.4 Å². The average Bonchev–Trinajstić information content (AvgIpc) is 3.02. The molecule has 0 unspecified atom stereocenters. The summed E-state index contributed by atoms with van der Waals surface area (Å²) >= 11 is 1.62. The smallest absolute Gasteiger partial charge is 0.236 e. The van der Waals surface area contributed by atoms with Crippen molar-refractivity contribution < 1.29 is 4.79 Å². The van der Waals surface area contributed by atoms with E-state index in [4.69, 9.17) is 0 Å². The first-order valence-electron chi connectivity index (χ1n) is 6.01. The van der Waals surface area contributed by atoms with Gasteiger partial charge < -0.3 is 10.2 Å². The van der Waals surface area contributed by atoms with E-state index in [-0.39, 0.29) is 5.91 Å². The number of hydrogen-bond donors (Lipinski definition) is 1. The molecule has 0 saturated heterocycles. The largest absolute Gasteiger partial charge is 0.339 e. The lowest BCUT2D eigenvalue weighted by atomic mass is 10.4. The summed E-state index contributed by atoms with van der Waals surface area (Å²) in [5.41, 5.74) is 0.977. The SMILES string of the molecule is Cc1nc(CN(C)C(=O)CNCC2CC2)cs1. The number of aromatic nitrogens is 1. The molecule has 0 radical (unpaired) electrons. The Bertz CT molecular complexity index is 387.